The highest BCUT2D eigenvalue weighted by Crippen LogP contribution is 2.49. The number of urea groups is 1. The van der Waals surface area contributed by atoms with Gasteiger partial charge in [-0.1, -0.05) is 36.8 Å². The summed E-state index contributed by atoms with van der Waals surface area (Å²) in [6, 6.07) is 10.7. The first-order valence-electron chi connectivity index (χ1n) is 13.4. The summed E-state index contributed by atoms with van der Waals surface area (Å²) < 4.78 is 0. The molecule has 2 atom stereocenters. The molecule has 7 nitrogen and oxygen atoms in total. The molecule has 4 aliphatic rings. The molecule has 0 bridgehead atoms. The Hall–Kier alpha value is -1.96. The molecule has 1 aliphatic heterocycles. The van der Waals surface area contributed by atoms with E-state index in [-0.39, 0.29) is 35.4 Å². The van der Waals surface area contributed by atoms with Gasteiger partial charge in [0, 0.05) is 24.5 Å². The topological polar surface area (TPSA) is 84.3 Å². The van der Waals surface area contributed by atoms with Crippen molar-refractivity contribution in [3.05, 3.63) is 35.9 Å². The lowest BCUT2D eigenvalue weighted by Crippen LogP contribution is -2.56. The maximum absolute atomic E-state index is 13.7. The third kappa shape index (κ3) is 4.40. The van der Waals surface area contributed by atoms with Gasteiger partial charge in [0.1, 0.15) is 0 Å². The molecule has 3 saturated carbocycles. The van der Waals surface area contributed by atoms with Crippen LogP contribution in [-0.2, 0) is 10.3 Å². The van der Waals surface area contributed by atoms with Crippen molar-refractivity contribution in [2.24, 2.45) is 11.8 Å². The molecular formula is C28H41N3O4. The minimum Gasteiger partial charge on any atom is -0.390 e. The molecule has 0 unspecified atom stereocenters. The van der Waals surface area contributed by atoms with Gasteiger partial charge in [0.15, 0.2) is 5.78 Å². The van der Waals surface area contributed by atoms with Crippen LogP contribution in [0.2, 0.25) is 0 Å². The summed E-state index contributed by atoms with van der Waals surface area (Å²) >= 11 is 0. The molecule has 2 amide bonds. The van der Waals surface area contributed by atoms with Crippen LogP contribution >= 0.6 is 0 Å². The van der Waals surface area contributed by atoms with Crippen molar-refractivity contribution in [2.45, 2.75) is 81.1 Å². The van der Waals surface area contributed by atoms with Gasteiger partial charge < -0.3 is 20.0 Å². The number of carbonyl (C=O) groups excluding carboxylic acids is 2. The molecule has 7 heteroatoms. The molecule has 1 aromatic rings. The number of carbonyl (C=O) groups is 2. The fourth-order valence-corrected chi connectivity index (χ4v) is 7.08. The second-order valence-corrected chi connectivity index (χ2v) is 11.8. The summed E-state index contributed by atoms with van der Waals surface area (Å²) in [6.07, 6.45) is 6.31. The lowest BCUT2D eigenvalue weighted by molar-refractivity contribution is -0.123. The van der Waals surface area contributed by atoms with E-state index in [0.717, 1.165) is 32.2 Å². The van der Waals surface area contributed by atoms with Crippen molar-refractivity contribution in [3.63, 3.8) is 0 Å². The van der Waals surface area contributed by atoms with E-state index in [1.54, 1.807) is 4.90 Å². The van der Waals surface area contributed by atoms with Crippen LogP contribution in [0.5, 0.6) is 0 Å². The van der Waals surface area contributed by atoms with Crippen LogP contribution in [0.3, 0.4) is 0 Å². The number of hydrogen-bond acceptors (Lipinski definition) is 5. The highest BCUT2D eigenvalue weighted by atomic mass is 16.3. The predicted molar refractivity (Wildman–Crippen MR) is 134 cm³/mol. The van der Waals surface area contributed by atoms with Crippen LogP contribution in [0.15, 0.2) is 30.3 Å². The summed E-state index contributed by atoms with van der Waals surface area (Å²) in [4.78, 5) is 33.0. The fraction of sp³-hybridized carbons (Fsp3) is 0.714. The van der Waals surface area contributed by atoms with Gasteiger partial charge in [-0.15, -0.1) is 0 Å². The van der Waals surface area contributed by atoms with Gasteiger partial charge in [0.25, 0.3) is 0 Å². The first-order valence-corrected chi connectivity index (χ1v) is 13.4. The normalized spacial score (nSPS) is 34.3. The summed E-state index contributed by atoms with van der Waals surface area (Å²) in [6.45, 7) is 1.48. The second kappa shape index (κ2) is 9.49. The Labute approximate surface area is 209 Å². The second-order valence-electron chi connectivity index (χ2n) is 11.8. The number of aliphatic hydroxyl groups is 2. The Kier molecular flexibility index (Phi) is 6.70. The van der Waals surface area contributed by atoms with Crippen molar-refractivity contribution in [1.29, 1.82) is 0 Å². The summed E-state index contributed by atoms with van der Waals surface area (Å²) in [5, 5.41) is 19.8. The lowest BCUT2D eigenvalue weighted by atomic mass is 9.68. The van der Waals surface area contributed by atoms with Crippen LogP contribution in [0.4, 0.5) is 4.79 Å². The van der Waals surface area contributed by atoms with Crippen molar-refractivity contribution in [1.82, 2.24) is 14.7 Å². The number of rotatable bonds is 7. The molecule has 1 heterocycles. The Balaban J connectivity index is 1.35. The third-order valence-electron chi connectivity index (χ3n) is 9.70. The zero-order valence-corrected chi connectivity index (χ0v) is 21.2. The largest absolute Gasteiger partial charge is 0.390 e. The van der Waals surface area contributed by atoms with E-state index in [4.69, 9.17) is 0 Å². The minimum atomic E-state index is -0.838. The third-order valence-corrected chi connectivity index (χ3v) is 9.70. The van der Waals surface area contributed by atoms with E-state index in [1.807, 2.05) is 0 Å². The van der Waals surface area contributed by atoms with Crippen molar-refractivity contribution in [3.8, 4) is 0 Å². The average molecular weight is 484 g/mol. The van der Waals surface area contributed by atoms with E-state index >= 15 is 0 Å². The van der Waals surface area contributed by atoms with Crippen molar-refractivity contribution < 1.29 is 19.8 Å². The number of hydrogen-bond donors (Lipinski definition) is 2. The summed E-state index contributed by atoms with van der Waals surface area (Å²) in [7, 11) is 4.32. The quantitative estimate of drug-likeness (QED) is 0.623. The fourth-order valence-electron chi connectivity index (χ4n) is 7.08. The van der Waals surface area contributed by atoms with Crippen LogP contribution in [0.25, 0.3) is 0 Å². The number of ketones is 1. The highest BCUT2D eigenvalue weighted by Gasteiger charge is 2.55. The van der Waals surface area contributed by atoms with E-state index < -0.39 is 12.2 Å². The minimum absolute atomic E-state index is 0.00130. The summed E-state index contributed by atoms with van der Waals surface area (Å²) in [5.41, 5.74) is 1.06. The smallest absolute Gasteiger partial charge is 0.321 e. The Morgan fingerprint density at radius 3 is 2.20 bits per heavy atom. The maximum atomic E-state index is 13.7. The molecule has 1 saturated heterocycles. The molecule has 5 rings (SSSR count). The zero-order chi connectivity index (χ0) is 24.8. The highest BCUT2D eigenvalue weighted by molar-refractivity contribution is 5.88. The van der Waals surface area contributed by atoms with Gasteiger partial charge >= 0.3 is 6.03 Å². The number of benzene rings is 1. The predicted octanol–water partition coefficient (Wildman–Crippen LogP) is 2.99. The van der Waals surface area contributed by atoms with Crippen molar-refractivity contribution >= 4 is 11.8 Å². The van der Waals surface area contributed by atoms with E-state index in [2.05, 4.69) is 54.2 Å². The number of aliphatic hydroxyl groups excluding tert-OH is 2. The SMILES string of the molecule is CN(C)C1(c2ccccc2)CCC2(CC1)CN(CC(=O)C1C[C@H](O)[C@@H](O)C1)C(=O)N2CC1CCC1. The van der Waals surface area contributed by atoms with E-state index in [9.17, 15) is 19.8 Å². The molecule has 35 heavy (non-hydrogen) atoms. The Bertz CT molecular complexity index is 913. The summed E-state index contributed by atoms with van der Waals surface area (Å²) in [5.74, 6) is 0.175. The van der Waals surface area contributed by atoms with Crippen LogP contribution in [-0.4, -0.2) is 88.2 Å². The average Bonchev–Trinajstić information content (AvgIpc) is 3.28. The van der Waals surface area contributed by atoms with Crippen LogP contribution < -0.4 is 0 Å². The zero-order valence-electron chi connectivity index (χ0n) is 21.2. The number of amides is 2. The Morgan fingerprint density at radius 2 is 1.66 bits per heavy atom. The van der Waals surface area contributed by atoms with Gasteiger partial charge in [-0.2, -0.15) is 0 Å². The van der Waals surface area contributed by atoms with Gasteiger partial charge in [-0.05, 0) is 76.9 Å². The molecule has 4 fully saturated rings. The van der Waals surface area contributed by atoms with E-state index in [0.29, 0.717) is 25.3 Å². The van der Waals surface area contributed by atoms with Gasteiger partial charge in [-0.3, -0.25) is 9.69 Å². The monoisotopic (exact) mass is 483 g/mol. The number of Topliss-reactive ketones (excluding diaryl/α,β-unsaturated/α-hetero) is 1. The van der Waals surface area contributed by atoms with Crippen LogP contribution in [0, 0.1) is 11.8 Å². The standard InChI is InChI=1S/C28H41N3O4/c1-29(2)28(22-9-4-3-5-10-22)13-11-27(12-14-28)19-30(26(35)31(27)17-20-7-6-8-20)18-25(34)21-15-23(32)24(33)16-21/h3-5,9-10,20-21,23-24,32-33H,6-8,11-19H2,1-2H3/t23-,24-,27?,28?/m0/s1. The van der Waals surface area contributed by atoms with Crippen molar-refractivity contribution in [2.75, 3.05) is 33.7 Å². The van der Waals surface area contributed by atoms with E-state index in [1.165, 1.54) is 24.8 Å². The number of nitrogens with zero attached hydrogens (tertiary/aromatic N) is 3. The Morgan fingerprint density at radius 1 is 1.03 bits per heavy atom. The molecule has 0 radical (unpaired) electrons. The molecule has 1 spiro atoms. The lowest BCUT2D eigenvalue weighted by Gasteiger charge is -2.51. The molecule has 3 aliphatic carbocycles. The maximum Gasteiger partial charge on any atom is 0.321 e. The molecule has 192 valence electrons. The molecule has 2 N–H and O–H groups in total. The van der Waals surface area contributed by atoms with Gasteiger partial charge in [-0.25, -0.2) is 4.79 Å². The van der Waals surface area contributed by atoms with Crippen LogP contribution in [0.1, 0.15) is 63.4 Å². The molecule has 0 aromatic heterocycles. The first-order chi connectivity index (χ1) is 16.7. The molecular weight excluding hydrogens is 442 g/mol. The van der Waals surface area contributed by atoms with Gasteiger partial charge in [0.05, 0.1) is 24.3 Å². The van der Waals surface area contributed by atoms with Gasteiger partial charge in [0.2, 0.25) is 0 Å². The molecule has 1 aromatic carbocycles. The first kappa shape index (κ1) is 24.7.